The summed E-state index contributed by atoms with van der Waals surface area (Å²) in [6, 6.07) is 22.9. The van der Waals surface area contributed by atoms with Gasteiger partial charge in [-0.2, -0.15) is 5.10 Å². The Bertz CT molecular complexity index is 1200. The summed E-state index contributed by atoms with van der Waals surface area (Å²) < 4.78 is 0. The zero-order chi connectivity index (χ0) is 21.6. The summed E-state index contributed by atoms with van der Waals surface area (Å²) in [5, 5.41) is 15.3. The van der Waals surface area contributed by atoms with Crippen LogP contribution in [0.2, 0.25) is 0 Å². The molecule has 0 saturated carbocycles. The number of phenolic OH excluding ortho intramolecular Hbond substituents is 1. The molecule has 154 valence electrons. The first-order chi connectivity index (χ1) is 15.1. The van der Waals surface area contributed by atoms with Gasteiger partial charge in [0.15, 0.2) is 11.0 Å². The fourth-order valence-electron chi connectivity index (χ4n) is 2.73. The molecule has 2 N–H and O–H groups in total. The first kappa shape index (κ1) is 20.6. The number of para-hydroxylation sites is 1. The lowest BCUT2D eigenvalue weighted by molar-refractivity contribution is 0.474. The Morgan fingerprint density at radius 3 is 2.10 bits per heavy atom. The lowest BCUT2D eigenvalue weighted by Crippen LogP contribution is -2.11. The summed E-state index contributed by atoms with van der Waals surface area (Å²) >= 11 is 1.36. The maximum atomic E-state index is 9.86. The number of amidine groups is 2. The van der Waals surface area contributed by atoms with Gasteiger partial charge in [-0.15, -0.1) is 0 Å². The minimum absolute atomic E-state index is 0.164. The van der Waals surface area contributed by atoms with Gasteiger partial charge in [-0.05, 0) is 62.0 Å². The van der Waals surface area contributed by atoms with Crippen molar-refractivity contribution in [2.45, 2.75) is 13.8 Å². The minimum Gasteiger partial charge on any atom is -0.507 e. The van der Waals surface area contributed by atoms with Gasteiger partial charge in [0.1, 0.15) is 10.8 Å². The third-order valence-electron chi connectivity index (χ3n) is 4.43. The molecule has 0 fully saturated rings. The maximum Gasteiger partial charge on any atom is 0.190 e. The highest BCUT2D eigenvalue weighted by atomic mass is 32.2. The van der Waals surface area contributed by atoms with Crippen molar-refractivity contribution in [1.82, 2.24) is 5.43 Å². The fraction of sp³-hybridized carbons (Fsp3) is 0.0833. The van der Waals surface area contributed by atoms with Gasteiger partial charge < -0.3 is 5.11 Å². The highest BCUT2D eigenvalue weighted by Gasteiger charge is 2.22. The van der Waals surface area contributed by atoms with Crippen LogP contribution in [0.1, 0.15) is 16.7 Å². The van der Waals surface area contributed by atoms with Crippen LogP contribution in [0.4, 0.5) is 11.4 Å². The average Bonchev–Trinajstić information content (AvgIpc) is 3.14. The number of nitrogens with one attached hydrogen (secondary N) is 1. The van der Waals surface area contributed by atoms with Crippen molar-refractivity contribution in [2.75, 3.05) is 0 Å². The molecule has 0 atom stereocenters. The molecule has 3 aromatic carbocycles. The van der Waals surface area contributed by atoms with E-state index in [1.165, 1.54) is 22.9 Å². The van der Waals surface area contributed by atoms with E-state index in [-0.39, 0.29) is 5.75 Å². The number of hydrogen-bond donors (Lipinski definition) is 2. The van der Waals surface area contributed by atoms with Crippen LogP contribution in [0.25, 0.3) is 0 Å². The molecule has 0 saturated heterocycles. The normalized spacial score (nSPS) is 16.3. The number of aromatic hydroxyl groups is 1. The topological polar surface area (TPSA) is 81.7 Å². The molecule has 0 bridgehead atoms. The lowest BCUT2D eigenvalue weighted by Gasteiger charge is -2.00. The molecule has 1 aliphatic rings. The molecule has 1 aliphatic heterocycles. The van der Waals surface area contributed by atoms with Crippen molar-refractivity contribution in [2.24, 2.45) is 20.1 Å². The van der Waals surface area contributed by atoms with Gasteiger partial charge in [-0.3, -0.25) is 5.43 Å². The Labute approximate surface area is 185 Å². The van der Waals surface area contributed by atoms with E-state index in [4.69, 9.17) is 4.99 Å². The van der Waals surface area contributed by atoms with E-state index >= 15 is 0 Å². The van der Waals surface area contributed by atoms with Crippen LogP contribution in [-0.2, 0) is 0 Å². The third kappa shape index (κ3) is 5.46. The Balaban J connectivity index is 1.60. The van der Waals surface area contributed by atoms with Crippen LogP contribution >= 0.6 is 11.8 Å². The molecule has 31 heavy (non-hydrogen) atoms. The average molecular weight is 428 g/mol. The number of nitrogens with zero attached hydrogens (tertiary/aromatic N) is 4. The quantitative estimate of drug-likeness (QED) is 0.426. The maximum absolute atomic E-state index is 9.86. The second-order valence-corrected chi connectivity index (χ2v) is 7.95. The number of hydrazone groups is 1. The van der Waals surface area contributed by atoms with Crippen molar-refractivity contribution in [3.05, 3.63) is 89.5 Å². The van der Waals surface area contributed by atoms with Crippen molar-refractivity contribution in [1.29, 1.82) is 0 Å². The van der Waals surface area contributed by atoms with E-state index < -0.39 is 0 Å². The van der Waals surface area contributed by atoms with Crippen molar-refractivity contribution >= 4 is 45.4 Å². The van der Waals surface area contributed by atoms with Crippen molar-refractivity contribution in [3.8, 4) is 5.75 Å². The summed E-state index contributed by atoms with van der Waals surface area (Å²) in [6.45, 7) is 4.08. The van der Waals surface area contributed by atoms with Crippen molar-refractivity contribution < 1.29 is 5.11 Å². The highest BCUT2D eigenvalue weighted by molar-refractivity contribution is 8.28. The Hall–Kier alpha value is -3.71. The van der Waals surface area contributed by atoms with Gasteiger partial charge in [-0.1, -0.05) is 47.5 Å². The van der Waals surface area contributed by atoms with Crippen LogP contribution in [0.15, 0.2) is 92.9 Å². The molecule has 0 amide bonds. The summed E-state index contributed by atoms with van der Waals surface area (Å²) in [5.41, 5.74) is 7.51. The number of benzene rings is 3. The summed E-state index contributed by atoms with van der Waals surface area (Å²) in [5.74, 6) is 0.687. The summed E-state index contributed by atoms with van der Waals surface area (Å²) in [4.78, 5) is 14.0. The second kappa shape index (κ2) is 9.40. The van der Waals surface area contributed by atoms with Crippen LogP contribution in [-0.4, -0.2) is 27.4 Å². The lowest BCUT2D eigenvalue weighted by atomic mass is 10.2. The second-order valence-electron chi connectivity index (χ2n) is 6.97. The molecule has 3 aromatic rings. The molecule has 0 aliphatic carbocycles. The van der Waals surface area contributed by atoms with Gasteiger partial charge in [0.2, 0.25) is 0 Å². The Kier molecular flexibility index (Phi) is 6.24. The van der Waals surface area contributed by atoms with Gasteiger partial charge in [-0.25, -0.2) is 15.0 Å². The molecule has 0 unspecified atom stereocenters. The summed E-state index contributed by atoms with van der Waals surface area (Å²) in [6.07, 6.45) is 1.55. The molecular formula is C24H21N5OS. The van der Waals surface area contributed by atoms with E-state index in [9.17, 15) is 5.11 Å². The minimum atomic E-state index is 0.164. The largest absolute Gasteiger partial charge is 0.507 e. The first-order valence-electron chi connectivity index (χ1n) is 9.71. The molecular weight excluding hydrogens is 406 g/mol. The van der Waals surface area contributed by atoms with E-state index in [0.29, 0.717) is 21.6 Å². The van der Waals surface area contributed by atoms with Gasteiger partial charge in [0, 0.05) is 5.56 Å². The Morgan fingerprint density at radius 1 is 0.839 bits per heavy atom. The predicted molar refractivity (Wildman–Crippen MR) is 130 cm³/mol. The molecule has 0 aromatic heterocycles. The highest BCUT2D eigenvalue weighted by Crippen LogP contribution is 2.25. The molecule has 7 heteroatoms. The number of phenols is 1. The summed E-state index contributed by atoms with van der Waals surface area (Å²) in [7, 11) is 0. The van der Waals surface area contributed by atoms with Crippen LogP contribution < -0.4 is 5.43 Å². The number of rotatable bonds is 4. The third-order valence-corrected chi connectivity index (χ3v) is 5.27. The number of aliphatic imine (C=N–C) groups is 3. The number of aryl methyl sites for hydroxylation is 2. The zero-order valence-electron chi connectivity index (χ0n) is 17.1. The first-order valence-corrected chi connectivity index (χ1v) is 10.5. The molecule has 0 radical (unpaired) electrons. The zero-order valence-corrected chi connectivity index (χ0v) is 18.0. The molecule has 6 nitrogen and oxygen atoms in total. The predicted octanol–water partition coefficient (Wildman–Crippen LogP) is 5.50. The monoisotopic (exact) mass is 427 g/mol. The van der Waals surface area contributed by atoms with Gasteiger partial charge >= 0.3 is 0 Å². The Morgan fingerprint density at radius 2 is 1.45 bits per heavy atom. The van der Waals surface area contributed by atoms with Crippen LogP contribution in [0, 0.1) is 13.8 Å². The molecule has 1 heterocycles. The van der Waals surface area contributed by atoms with Crippen LogP contribution in [0.5, 0.6) is 5.75 Å². The van der Waals surface area contributed by atoms with E-state index in [1.54, 1.807) is 24.4 Å². The van der Waals surface area contributed by atoms with E-state index in [0.717, 1.165) is 11.4 Å². The SMILES string of the molecule is Cc1ccc(N=C2N=C(N/N=C\c3ccccc3O)SC2=Nc2ccc(C)cc2)cc1. The van der Waals surface area contributed by atoms with E-state index in [2.05, 4.69) is 20.5 Å². The standard InChI is InChI=1S/C24H21N5OS/c1-16-7-11-19(12-8-16)26-22-23(27-20-13-9-17(2)10-14-20)31-24(28-22)29-25-15-18-5-3-4-6-21(18)30/h3-15,30H,1-2H3,(H,26,28,29)/b25-15-,27-23?. The number of thioether (sulfide) groups is 1. The smallest absolute Gasteiger partial charge is 0.190 e. The molecule has 0 spiro atoms. The number of hydrogen-bond acceptors (Lipinski definition) is 6. The fourth-order valence-corrected chi connectivity index (χ4v) is 3.48. The van der Waals surface area contributed by atoms with Crippen LogP contribution in [0.3, 0.4) is 0 Å². The molecule has 4 rings (SSSR count). The van der Waals surface area contributed by atoms with Gasteiger partial charge in [0.05, 0.1) is 17.6 Å². The van der Waals surface area contributed by atoms with E-state index in [1.807, 2.05) is 68.4 Å². The van der Waals surface area contributed by atoms with Crippen molar-refractivity contribution in [3.63, 3.8) is 0 Å². The van der Waals surface area contributed by atoms with Gasteiger partial charge in [0.25, 0.3) is 0 Å².